The van der Waals surface area contributed by atoms with Crippen LogP contribution >= 0.6 is 0 Å². The third kappa shape index (κ3) is 3.17. The van der Waals surface area contributed by atoms with Gasteiger partial charge in [-0.2, -0.15) is 0 Å². The summed E-state index contributed by atoms with van der Waals surface area (Å²) in [5, 5.41) is 0. The van der Waals surface area contributed by atoms with E-state index in [1.54, 1.807) is 0 Å². The summed E-state index contributed by atoms with van der Waals surface area (Å²) in [4.78, 5) is 10.9. The van der Waals surface area contributed by atoms with Crippen LogP contribution in [0.3, 0.4) is 0 Å². The van der Waals surface area contributed by atoms with Crippen molar-refractivity contribution in [2.45, 2.75) is 19.2 Å². The predicted octanol–water partition coefficient (Wildman–Crippen LogP) is 1.72. The number of methoxy groups -OCH3 is 1. The van der Waals surface area contributed by atoms with E-state index in [2.05, 4.69) is 9.47 Å². The van der Waals surface area contributed by atoms with Crippen LogP contribution in [0.1, 0.15) is 12.8 Å². The Bertz CT molecular complexity index is 208. The van der Waals surface area contributed by atoms with Crippen LogP contribution in [0.15, 0.2) is 0 Å². The number of alkyl halides is 3. The van der Waals surface area contributed by atoms with E-state index in [4.69, 9.17) is 0 Å². The maximum atomic E-state index is 11.6. The second-order valence-electron chi connectivity index (χ2n) is 3.31. The molecule has 0 aromatic heterocycles. The van der Waals surface area contributed by atoms with Crippen LogP contribution in [0.2, 0.25) is 0 Å². The molecule has 0 saturated heterocycles. The molecule has 0 atom stereocenters. The minimum absolute atomic E-state index is 0.180. The molecule has 0 aromatic rings. The summed E-state index contributed by atoms with van der Waals surface area (Å²) in [6.45, 7) is -0.364. The van der Waals surface area contributed by atoms with E-state index in [9.17, 15) is 18.0 Å². The van der Waals surface area contributed by atoms with Gasteiger partial charge in [-0.3, -0.25) is 9.53 Å². The summed E-state index contributed by atoms with van der Waals surface area (Å²) >= 11 is 0. The van der Waals surface area contributed by atoms with E-state index in [1.807, 2.05) is 0 Å². The molecule has 1 rings (SSSR count). The van der Waals surface area contributed by atoms with Crippen molar-refractivity contribution in [2.75, 3.05) is 13.7 Å². The van der Waals surface area contributed by atoms with Gasteiger partial charge in [0.1, 0.15) is 0 Å². The van der Waals surface area contributed by atoms with Gasteiger partial charge in [-0.05, 0) is 18.8 Å². The fourth-order valence-corrected chi connectivity index (χ4v) is 1.44. The lowest BCUT2D eigenvalue weighted by atomic mass is 9.75. The normalized spacial score (nSPS) is 26.9. The summed E-state index contributed by atoms with van der Waals surface area (Å²) in [5.74, 6) is -0.782. The molecule has 1 fully saturated rings. The van der Waals surface area contributed by atoms with Gasteiger partial charge in [0.25, 0.3) is 0 Å². The minimum atomic E-state index is -4.57. The van der Waals surface area contributed by atoms with E-state index < -0.39 is 6.36 Å². The van der Waals surface area contributed by atoms with Gasteiger partial charge >= 0.3 is 12.3 Å². The molecule has 82 valence electrons. The molecule has 0 unspecified atom stereocenters. The third-order valence-corrected chi connectivity index (χ3v) is 2.25. The van der Waals surface area contributed by atoms with Crippen LogP contribution < -0.4 is 0 Å². The lowest BCUT2D eigenvalue weighted by Crippen LogP contribution is -2.35. The molecule has 0 N–H and O–H groups in total. The van der Waals surface area contributed by atoms with Gasteiger partial charge in [-0.15, -0.1) is 13.2 Å². The average molecular weight is 212 g/mol. The number of hydrogen-bond donors (Lipinski definition) is 0. The molecule has 1 saturated carbocycles. The van der Waals surface area contributed by atoms with E-state index in [-0.39, 0.29) is 24.4 Å². The highest BCUT2D eigenvalue weighted by molar-refractivity contribution is 5.73. The first kappa shape index (κ1) is 11.3. The van der Waals surface area contributed by atoms with Crippen molar-refractivity contribution in [1.29, 1.82) is 0 Å². The maximum absolute atomic E-state index is 11.6. The quantitative estimate of drug-likeness (QED) is 0.668. The number of rotatable bonds is 3. The van der Waals surface area contributed by atoms with Gasteiger partial charge in [0.05, 0.1) is 19.6 Å². The second kappa shape index (κ2) is 4.16. The van der Waals surface area contributed by atoms with Crippen LogP contribution in [0, 0.1) is 11.8 Å². The van der Waals surface area contributed by atoms with Gasteiger partial charge in [-0.1, -0.05) is 0 Å². The lowest BCUT2D eigenvalue weighted by molar-refractivity contribution is -0.330. The highest BCUT2D eigenvalue weighted by Gasteiger charge is 2.38. The Morgan fingerprint density at radius 1 is 1.43 bits per heavy atom. The lowest BCUT2D eigenvalue weighted by Gasteiger charge is -2.32. The zero-order valence-corrected chi connectivity index (χ0v) is 7.63. The fourth-order valence-electron chi connectivity index (χ4n) is 1.44. The molecule has 14 heavy (non-hydrogen) atoms. The topological polar surface area (TPSA) is 35.5 Å². The summed E-state index contributed by atoms with van der Waals surface area (Å²) < 4.78 is 42.8. The van der Waals surface area contributed by atoms with Crippen molar-refractivity contribution in [3.8, 4) is 0 Å². The molecule has 0 radical (unpaired) electrons. The number of carbonyl (C=O) groups excluding carboxylic acids is 1. The van der Waals surface area contributed by atoms with Crippen molar-refractivity contribution >= 4 is 5.97 Å². The monoisotopic (exact) mass is 212 g/mol. The molecular formula is C8H11F3O3. The zero-order valence-electron chi connectivity index (χ0n) is 7.63. The molecular weight excluding hydrogens is 201 g/mol. The van der Waals surface area contributed by atoms with Crippen molar-refractivity contribution in [1.82, 2.24) is 0 Å². The van der Waals surface area contributed by atoms with E-state index in [1.165, 1.54) is 7.11 Å². The van der Waals surface area contributed by atoms with Crippen LogP contribution in [0.5, 0.6) is 0 Å². The molecule has 0 heterocycles. The number of ether oxygens (including phenoxy) is 2. The molecule has 6 heteroatoms. The second-order valence-corrected chi connectivity index (χ2v) is 3.31. The summed E-state index contributed by atoms with van der Waals surface area (Å²) in [7, 11) is 1.27. The molecule has 3 nitrogen and oxygen atoms in total. The molecule has 1 aliphatic rings. The molecule has 0 aliphatic heterocycles. The first-order valence-corrected chi connectivity index (χ1v) is 4.21. The van der Waals surface area contributed by atoms with Crippen molar-refractivity contribution in [3.05, 3.63) is 0 Å². The van der Waals surface area contributed by atoms with E-state index in [0.717, 1.165) is 0 Å². The number of hydrogen-bond acceptors (Lipinski definition) is 3. The third-order valence-electron chi connectivity index (χ3n) is 2.25. The van der Waals surface area contributed by atoms with Crippen molar-refractivity contribution < 1.29 is 27.4 Å². The number of halogens is 3. The summed E-state index contributed by atoms with van der Waals surface area (Å²) in [5.41, 5.74) is 0. The van der Waals surface area contributed by atoms with Gasteiger partial charge < -0.3 is 4.74 Å². The van der Waals surface area contributed by atoms with Gasteiger partial charge in [0.2, 0.25) is 0 Å². The summed E-state index contributed by atoms with van der Waals surface area (Å²) in [6, 6.07) is 0. The average Bonchev–Trinajstić information content (AvgIpc) is 1.98. The Labute approximate surface area is 79.2 Å². The van der Waals surface area contributed by atoms with Gasteiger partial charge in [0.15, 0.2) is 0 Å². The molecule has 1 aliphatic carbocycles. The first-order chi connectivity index (χ1) is 6.42. The number of carbonyl (C=O) groups is 1. The van der Waals surface area contributed by atoms with Crippen LogP contribution in [0.25, 0.3) is 0 Å². The maximum Gasteiger partial charge on any atom is 0.522 e. The van der Waals surface area contributed by atoms with Gasteiger partial charge in [-0.25, -0.2) is 0 Å². The fraction of sp³-hybridized carbons (Fsp3) is 0.875. The largest absolute Gasteiger partial charge is 0.522 e. The van der Waals surface area contributed by atoms with Crippen LogP contribution in [-0.4, -0.2) is 26.0 Å². The summed E-state index contributed by atoms with van der Waals surface area (Å²) in [6.07, 6.45) is -3.73. The number of esters is 1. The standard InChI is InChI=1S/C8H11F3O3/c1-13-7(12)6-2-5(3-6)4-14-8(9,10)11/h5-6H,2-4H2,1H3/t5-,6+. The highest BCUT2D eigenvalue weighted by Crippen LogP contribution is 2.35. The molecule has 0 amide bonds. The Morgan fingerprint density at radius 3 is 2.43 bits per heavy atom. The smallest absolute Gasteiger partial charge is 0.469 e. The Balaban J connectivity index is 2.13. The Hall–Kier alpha value is -0.780. The highest BCUT2D eigenvalue weighted by atomic mass is 19.4. The van der Waals surface area contributed by atoms with Crippen LogP contribution in [0.4, 0.5) is 13.2 Å². The van der Waals surface area contributed by atoms with E-state index in [0.29, 0.717) is 12.8 Å². The first-order valence-electron chi connectivity index (χ1n) is 4.21. The van der Waals surface area contributed by atoms with Gasteiger partial charge in [0, 0.05) is 0 Å². The molecule has 0 bridgehead atoms. The molecule has 0 aromatic carbocycles. The Kier molecular flexibility index (Phi) is 3.36. The van der Waals surface area contributed by atoms with Crippen molar-refractivity contribution in [2.24, 2.45) is 11.8 Å². The Morgan fingerprint density at radius 2 is 2.00 bits per heavy atom. The minimum Gasteiger partial charge on any atom is -0.469 e. The predicted molar refractivity (Wildman–Crippen MR) is 40.2 cm³/mol. The van der Waals surface area contributed by atoms with Crippen molar-refractivity contribution in [3.63, 3.8) is 0 Å². The molecule has 0 spiro atoms. The van der Waals surface area contributed by atoms with E-state index >= 15 is 0 Å². The SMILES string of the molecule is COC(=O)[C@H]1C[C@@H](COC(F)(F)F)C1. The van der Waals surface area contributed by atoms with Crippen LogP contribution in [-0.2, 0) is 14.3 Å². The zero-order chi connectivity index (χ0) is 10.8.